The van der Waals surface area contributed by atoms with Crippen molar-refractivity contribution in [2.45, 2.75) is 194 Å². The highest BCUT2D eigenvalue weighted by Crippen LogP contribution is 2.47. The smallest absolute Gasteiger partial charge is 0.411 e. The molecule has 0 saturated carbocycles. The molecule has 0 aromatic rings. The maximum Gasteiger partial charge on any atom is 0.411 e. The normalized spacial score (nSPS) is 21.6. The Morgan fingerprint density at radius 3 is 1.41 bits per heavy atom. The fourth-order valence-electron chi connectivity index (χ4n) is 6.71. The van der Waals surface area contributed by atoms with Gasteiger partial charge in [0.2, 0.25) is 0 Å². The number of ether oxygens (including phenoxy) is 4. The number of carbonyl (C=O) groups is 4. The van der Waals surface area contributed by atoms with Crippen molar-refractivity contribution in [1.82, 2.24) is 9.99 Å². The highest BCUT2D eigenvalue weighted by Gasteiger charge is 2.60. The minimum absolute atomic E-state index is 0.140. The lowest BCUT2D eigenvalue weighted by atomic mass is 9.92. The molecule has 1 amide bonds. The molecule has 2 aliphatic rings. The number of esters is 3. The van der Waals surface area contributed by atoms with Crippen molar-refractivity contribution >= 4 is 31.7 Å². The zero-order chi connectivity index (χ0) is 37.5. The first kappa shape index (κ1) is 44.9. The Morgan fingerprint density at radius 2 is 1.00 bits per heavy atom. The van der Waals surface area contributed by atoms with E-state index in [-0.39, 0.29) is 19.8 Å². The van der Waals surface area contributed by atoms with E-state index in [1.165, 1.54) is 88.9 Å². The summed E-state index contributed by atoms with van der Waals surface area (Å²) in [4.78, 5) is 51.0. The van der Waals surface area contributed by atoms with Gasteiger partial charge in [0.25, 0.3) is 0 Å². The van der Waals surface area contributed by atoms with Crippen LogP contribution in [0.2, 0.25) is 0 Å². The second-order valence-corrected chi connectivity index (χ2v) is 15.6. The Bertz CT molecular complexity index is 1050. The summed E-state index contributed by atoms with van der Waals surface area (Å²) < 4.78 is 48.3. The summed E-state index contributed by atoms with van der Waals surface area (Å²) in [6, 6.07) is -0.938. The van der Waals surface area contributed by atoms with Crippen LogP contribution in [0.4, 0.5) is 4.79 Å². The number of hydrogen-bond donors (Lipinski definition) is 1. The van der Waals surface area contributed by atoms with E-state index in [0.29, 0.717) is 12.8 Å². The molecule has 2 heterocycles. The van der Waals surface area contributed by atoms with E-state index in [0.717, 1.165) is 52.4 Å². The lowest BCUT2D eigenvalue weighted by molar-refractivity contribution is -0.207. The first-order chi connectivity index (χ1) is 24.5. The number of cyclic esters (lactones) is 1. The number of fused-ring (bicyclic) bond motifs is 1. The molecule has 2 unspecified atom stereocenters. The minimum Gasteiger partial charge on any atom is -0.456 e. The Morgan fingerprint density at radius 1 is 0.627 bits per heavy atom. The Kier molecular flexibility index (Phi) is 22.7. The quantitative estimate of drug-likeness (QED) is 0.0337. The number of carbonyl (C=O) groups excluding carboxylic acids is 4. The topological polar surface area (TPSA) is 156 Å². The molecule has 2 fully saturated rings. The van der Waals surface area contributed by atoms with Gasteiger partial charge in [-0.25, -0.2) is 9.36 Å². The molecule has 0 aromatic carbocycles. The number of piperidine rings is 1. The van der Waals surface area contributed by atoms with Crippen LogP contribution in [-0.4, -0.2) is 79.2 Å². The van der Waals surface area contributed by atoms with E-state index in [9.17, 15) is 23.7 Å². The van der Waals surface area contributed by atoms with Gasteiger partial charge in [0, 0.05) is 20.8 Å². The van der Waals surface area contributed by atoms with Crippen LogP contribution in [0, 0.1) is 0 Å². The molecule has 0 bridgehead atoms. The highest BCUT2D eigenvalue weighted by molar-refractivity contribution is 7.51. The second kappa shape index (κ2) is 25.7. The average Bonchev–Trinajstić information content (AvgIpc) is 3.46. The third-order valence-corrected chi connectivity index (χ3v) is 10.9. The molecule has 5 atom stereocenters. The third kappa shape index (κ3) is 17.4. The van der Waals surface area contributed by atoms with E-state index in [1.807, 2.05) is 0 Å². The van der Waals surface area contributed by atoms with Crippen LogP contribution in [0.25, 0.3) is 0 Å². The number of nitrogens with zero attached hydrogens (tertiary/aromatic N) is 1. The first-order valence-electron chi connectivity index (χ1n) is 19.7. The zero-order valence-electron chi connectivity index (χ0n) is 32.0. The largest absolute Gasteiger partial charge is 0.456 e. The standard InChI is InChI=1S/C37H67N2O11P/c1-6-8-10-12-14-16-18-20-22-24-26-46-51(44,47-27-25-23-21-19-17-15-13-11-9-7-2)38-36-35(50-31(5)42)34(49-30(4)41)33(48-29(3)40)32-28-45-37(43)39(32)36/h32-36H,6-28H2,1-5H3,(H,38,44)/t32?,33-,34-,35?,36-/m0/s1. The van der Waals surface area contributed by atoms with Crippen LogP contribution in [0.3, 0.4) is 0 Å². The van der Waals surface area contributed by atoms with Crippen LogP contribution in [0.5, 0.6) is 0 Å². The van der Waals surface area contributed by atoms with Crippen LogP contribution in [0.15, 0.2) is 0 Å². The average molecular weight is 747 g/mol. The number of hydrogen-bond acceptors (Lipinski definition) is 11. The summed E-state index contributed by atoms with van der Waals surface area (Å²) in [5.74, 6) is -2.19. The molecule has 0 radical (unpaired) electrons. The predicted molar refractivity (Wildman–Crippen MR) is 194 cm³/mol. The summed E-state index contributed by atoms with van der Waals surface area (Å²) >= 11 is 0. The van der Waals surface area contributed by atoms with E-state index in [1.54, 1.807) is 0 Å². The van der Waals surface area contributed by atoms with Crippen molar-refractivity contribution in [3.05, 3.63) is 0 Å². The van der Waals surface area contributed by atoms with Crippen molar-refractivity contribution in [1.29, 1.82) is 0 Å². The number of unbranched alkanes of at least 4 members (excludes halogenated alkanes) is 18. The van der Waals surface area contributed by atoms with Crippen molar-refractivity contribution in [2.24, 2.45) is 0 Å². The monoisotopic (exact) mass is 746 g/mol. The molecule has 0 spiro atoms. The van der Waals surface area contributed by atoms with Crippen LogP contribution >= 0.6 is 7.75 Å². The predicted octanol–water partition coefficient (Wildman–Crippen LogP) is 8.51. The van der Waals surface area contributed by atoms with Gasteiger partial charge in [0.05, 0.1) is 13.2 Å². The van der Waals surface area contributed by atoms with Gasteiger partial charge in [0.15, 0.2) is 18.3 Å². The zero-order valence-corrected chi connectivity index (χ0v) is 32.9. The Labute approximate surface area is 306 Å². The maximum absolute atomic E-state index is 14.4. The molecule has 14 heteroatoms. The fraction of sp³-hybridized carbons (Fsp3) is 0.892. The molecular weight excluding hydrogens is 679 g/mol. The summed E-state index contributed by atoms with van der Waals surface area (Å²) in [6.45, 7) is 7.99. The SMILES string of the molecule is CCCCCCCCCCCCOP(=O)(N[C@@H]1C(OC(C)=O)[C@@H](OC(C)=O)[C@@H](OC(C)=O)C2COC(=O)N21)OCCCCCCCCCCCC. The maximum atomic E-state index is 14.4. The van der Waals surface area contributed by atoms with Gasteiger partial charge in [-0.05, 0) is 12.8 Å². The fourth-order valence-corrected chi connectivity index (χ4v) is 8.27. The molecular formula is C37H67N2O11P. The van der Waals surface area contributed by atoms with Gasteiger partial charge in [-0.3, -0.25) is 28.3 Å². The summed E-state index contributed by atoms with van der Waals surface area (Å²) in [6.07, 6.45) is 16.2. The molecule has 2 rings (SSSR count). The summed E-state index contributed by atoms with van der Waals surface area (Å²) in [7, 11) is -4.15. The molecule has 0 aromatic heterocycles. The van der Waals surface area contributed by atoms with Crippen molar-refractivity contribution in [3.8, 4) is 0 Å². The molecule has 2 saturated heterocycles. The van der Waals surface area contributed by atoms with Gasteiger partial charge in [-0.15, -0.1) is 0 Å². The molecule has 1 N–H and O–H groups in total. The highest BCUT2D eigenvalue weighted by atomic mass is 31.2. The third-order valence-electron chi connectivity index (χ3n) is 9.30. The molecule has 13 nitrogen and oxygen atoms in total. The van der Waals surface area contributed by atoms with E-state index < -0.39 is 62.3 Å². The summed E-state index contributed by atoms with van der Waals surface area (Å²) in [5.41, 5.74) is 0. The van der Waals surface area contributed by atoms with E-state index in [2.05, 4.69) is 18.9 Å². The van der Waals surface area contributed by atoms with E-state index in [4.69, 9.17) is 28.0 Å². The first-order valence-corrected chi connectivity index (χ1v) is 21.2. The lowest BCUT2D eigenvalue weighted by Crippen LogP contribution is -2.71. The summed E-state index contributed by atoms with van der Waals surface area (Å²) in [5, 5.41) is 2.87. The van der Waals surface area contributed by atoms with Gasteiger partial charge in [-0.1, -0.05) is 129 Å². The van der Waals surface area contributed by atoms with Gasteiger partial charge < -0.3 is 18.9 Å². The minimum atomic E-state index is -4.15. The van der Waals surface area contributed by atoms with Crippen molar-refractivity contribution in [3.63, 3.8) is 0 Å². The van der Waals surface area contributed by atoms with Gasteiger partial charge in [0.1, 0.15) is 18.8 Å². The van der Waals surface area contributed by atoms with Gasteiger partial charge in [-0.2, -0.15) is 5.09 Å². The lowest BCUT2D eigenvalue weighted by Gasteiger charge is -2.47. The Balaban J connectivity index is 2.14. The second-order valence-electron chi connectivity index (χ2n) is 13.9. The Hall–Kier alpha value is -2.21. The number of amides is 1. The van der Waals surface area contributed by atoms with Gasteiger partial charge >= 0.3 is 31.7 Å². The number of rotatable bonds is 29. The van der Waals surface area contributed by atoms with Crippen LogP contribution < -0.4 is 5.09 Å². The van der Waals surface area contributed by atoms with Crippen LogP contribution in [0.1, 0.15) is 163 Å². The molecule has 51 heavy (non-hydrogen) atoms. The molecule has 2 aliphatic heterocycles. The van der Waals surface area contributed by atoms with E-state index >= 15 is 0 Å². The van der Waals surface area contributed by atoms with Crippen molar-refractivity contribution in [2.75, 3.05) is 19.8 Å². The van der Waals surface area contributed by atoms with Crippen molar-refractivity contribution < 1.29 is 51.7 Å². The number of nitrogens with one attached hydrogen (secondary N) is 1. The molecule has 0 aliphatic carbocycles. The molecule has 296 valence electrons. The van der Waals surface area contributed by atoms with Crippen LogP contribution in [-0.2, 0) is 46.9 Å².